The maximum absolute atomic E-state index is 12.0. The van der Waals surface area contributed by atoms with Crippen molar-refractivity contribution in [1.82, 2.24) is 10.2 Å². The van der Waals surface area contributed by atoms with Crippen molar-refractivity contribution in [2.75, 3.05) is 13.6 Å². The molecule has 0 spiro atoms. The number of hydrogen-bond acceptors (Lipinski definition) is 2. The molecule has 0 saturated carbocycles. The molecule has 104 valence electrons. The molecule has 1 aromatic carbocycles. The smallest absolute Gasteiger partial charge is 0.239 e. The molecule has 1 aromatic rings. The number of hydrogen-bond donors (Lipinski definition) is 1. The van der Waals surface area contributed by atoms with Gasteiger partial charge in [-0.25, -0.2) is 0 Å². The van der Waals surface area contributed by atoms with Crippen LogP contribution in [0, 0.1) is 6.92 Å². The predicted octanol–water partition coefficient (Wildman–Crippen LogP) is 1.52. The normalized spacial score (nSPS) is 10.4. The molecule has 0 unspecified atom stereocenters. The number of amides is 2. The zero-order valence-electron chi connectivity index (χ0n) is 12.1. The molecule has 0 aromatic heterocycles. The first kappa shape index (κ1) is 15.2. The fraction of sp³-hybridized carbons (Fsp3) is 0.467. The van der Waals surface area contributed by atoms with Crippen LogP contribution in [-0.2, 0) is 16.0 Å². The van der Waals surface area contributed by atoms with Crippen molar-refractivity contribution < 1.29 is 9.59 Å². The van der Waals surface area contributed by atoms with E-state index in [2.05, 4.69) is 5.32 Å². The molecule has 0 atom stereocenters. The summed E-state index contributed by atoms with van der Waals surface area (Å²) in [5, 5.41) is 2.77. The second-order valence-electron chi connectivity index (χ2n) is 5.08. The van der Waals surface area contributed by atoms with Gasteiger partial charge in [0.05, 0.1) is 13.0 Å². The molecular formula is C15H22N2O2. The summed E-state index contributed by atoms with van der Waals surface area (Å²) in [6.45, 7) is 5.87. The Labute approximate surface area is 114 Å². The lowest BCUT2D eigenvalue weighted by molar-refractivity contribution is -0.134. The van der Waals surface area contributed by atoms with Crippen molar-refractivity contribution in [3.8, 4) is 0 Å². The molecule has 0 saturated heterocycles. The summed E-state index contributed by atoms with van der Waals surface area (Å²) in [4.78, 5) is 25.1. The topological polar surface area (TPSA) is 49.4 Å². The van der Waals surface area contributed by atoms with Crippen molar-refractivity contribution in [3.05, 3.63) is 35.4 Å². The standard InChI is InChI=1S/C15H22N2O2/c1-11(2)16-14(18)10-17(4)15(19)9-13-8-6-5-7-12(13)3/h5-8,11H,9-10H2,1-4H3,(H,16,18). The molecule has 2 amide bonds. The Bertz CT molecular complexity index is 455. The second-order valence-corrected chi connectivity index (χ2v) is 5.08. The van der Waals surface area contributed by atoms with Gasteiger partial charge in [0, 0.05) is 13.1 Å². The van der Waals surface area contributed by atoms with Gasteiger partial charge in [-0.3, -0.25) is 9.59 Å². The number of likely N-dealkylation sites (N-methyl/N-ethyl adjacent to an activating group) is 1. The first-order chi connectivity index (χ1) is 8.90. The number of benzene rings is 1. The highest BCUT2D eigenvalue weighted by Gasteiger charge is 2.14. The minimum Gasteiger partial charge on any atom is -0.352 e. The van der Waals surface area contributed by atoms with Crippen LogP contribution in [0.2, 0.25) is 0 Å². The Hall–Kier alpha value is -1.84. The van der Waals surface area contributed by atoms with Crippen molar-refractivity contribution in [2.24, 2.45) is 0 Å². The molecule has 19 heavy (non-hydrogen) atoms. The lowest BCUT2D eigenvalue weighted by atomic mass is 10.1. The Morgan fingerprint density at radius 3 is 2.47 bits per heavy atom. The molecule has 0 aliphatic heterocycles. The fourth-order valence-electron chi connectivity index (χ4n) is 1.78. The Morgan fingerprint density at radius 1 is 1.26 bits per heavy atom. The van der Waals surface area contributed by atoms with Crippen LogP contribution in [0.1, 0.15) is 25.0 Å². The predicted molar refractivity (Wildman–Crippen MR) is 75.8 cm³/mol. The van der Waals surface area contributed by atoms with Gasteiger partial charge in [0.1, 0.15) is 0 Å². The van der Waals surface area contributed by atoms with Crippen LogP contribution < -0.4 is 5.32 Å². The van der Waals surface area contributed by atoms with E-state index in [1.165, 1.54) is 4.90 Å². The summed E-state index contributed by atoms with van der Waals surface area (Å²) in [6, 6.07) is 7.88. The number of aryl methyl sites for hydroxylation is 1. The van der Waals surface area contributed by atoms with Crippen LogP contribution in [0.5, 0.6) is 0 Å². The number of nitrogens with zero attached hydrogens (tertiary/aromatic N) is 1. The Morgan fingerprint density at radius 2 is 1.89 bits per heavy atom. The van der Waals surface area contributed by atoms with Crippen LogP contribution in [-0.4, -0.2) is 36.3 Å². The summed E-state index contributed by atoms with van der Waals surface area (Å²) < 4.78 is 0. The van der Waals surface area contributed by atoms with Gasteiger partial charge in [-0.15, -0.1) is 0 Å². The molecule has 4 heteroatoms. The van der Waals surface area contributed by atoms with E-state index in [-0.39, 0.29) is 24.4 Å². The molecule has 1 rings (SSSR count). The maximum Gasteiger partial charge on any atom is 0.239 e. The number of carbonyl (C=O) groups is 2. The summed E-state index contributed by atoms with van der Waals surface area (Å²) in [6.07, 6.45) is 0.331. The van der Waals surface area contributed by atoms with Crippen LogP contribution in [0.3, 0.4) is 0 Å². The van der Waals surface area contributed by atoms with Crippen LogP contribution in [0.25, 0.3) is 0 Å². The second kappa shape index (κ2) is 6.92. The van der Waals surface area contributed by atoms with Gasteiger partial charge in [-0.2, -0.15) is 0 Å². The first-order valence-electron chi connectivity index (χ1n) is 6.48. The third kappa shape index (κ3) is 5.12. The third-order valence-corrected chi connectivity index (χ3v) is 2.86. The van der Waals surface area contributed by atoms with E-state index in [1.54, 1.807) is 7.05 Å². The van der Waals surface area contributed by atoms with Gasteiger partial charge in [-0.1, -0.05) is 24.3 Å². The highest BCUT2D eigenvalue weighted by atomic mass is 16.2. The molecule has 0 aliphatic carbocycles. The Balaban J connectivity index is 2.54. The Kier molecular flexibility index (Phi) is 5.55. The minimum atomic E-state index is -0.129. The lowest BCUT2D eigenvalue weighted by Gasteiger charge is -2.18. The fourth-order valence-corrected chi connectivity index (χ4v) is 1.78. The number of nitrogens with one attached hydrogen (secondary N) is 1. The summed E-state index contributed by atoms with van der Waals surface area (Å²) in [5.74, 6) is -0.177. The molecule has 1 N–H and O–H groups in total. The van der Waals surface area contributed by atoms with E-state index in [1.807, 2.05) is 45.0 Å². The van der Waals surface area contributed by atoms with E-state index in [0.29, 0.717) is 6.42 Å². The van der Waals surface area contributed by atoms with Gasteiger partial charge >= 0.3 is 0 Å². The van der Waals surface area contributed by atoms with E-state index in [4.69, 9.17) is 0 Å². The third-order valence-electron chi connectivity index (χ3n) is 2.86. The monoisotopic (exact) mass is 262 g/mol. The molecule has 0 heterocycles. The SMILES string of the molecule is Cc1ccccc1CC(=O)N(C)CC(=O)NC(C)C. The van der Waals surface area contributed by atoms with Gasteiger partial charge in [0.2, 0.25) is 11.8 Å². The van der Waals surface area contributed by atoms with Gasteiger partial charge in [0.25, 0.3) is 0 Å². The minimum absolute atomic E-state index is 0.0480. The zero-order chi connectivity index (χ0) is 14.4. The first-order valence-corrected chi connectivity index (χ1v) is 6.48. The van der Waals surface area contributed by atoms with Crippen LogP contribution >= 0.6 is 0 Å². The van der Waals surface area contributed by atoms with Gasteiger partial charge in [-0.05, 0) is 31.9 Å². The highest BCUT2D eigenvalue weighted by Crippen LogP contribution is 2.08. The van der Waals surface area contributed by atoms with Crippen molar-refractivity contribution >= 4 is 11.8 Å². The van der Waals surface area contributed by atoms with Crippen LogP contribution in [0.15, 0.2) is 24.3 Å². The summed E-state index contributed by atoms with van der Waals surface area (Å²) in [7, 11) is 1.65. The van der Waals surface area contributed by atoms with Gasteiger partial charge < -0.3 is 10.2 Å². The number of rotatable bonds is 5. The average Bonchev–Trinajstić information content (AvgIpc) is 2.30. The molecule has 0 fully saturated rings. The summed E-state index contributed by atoms with van der Waals surface area (Å²) in [5.41, 5.74) is 2.10. The summed E-state index contributed by atoms with van der Waals surface area (Å²) >= 11 is 0. The van der Waals surface area contributed by atoms with E-state index >= 15 is 0 Å². The quantitative estimate of drug-likeness (QED) is 0.874. The molecule has 0 radical (unpaired) electrons. The zero-order valence-corrected chi connectivity index (χ0v) is 12.1. The maximum atomic E-state index is 12.0. The van der Waals surface area contributed by atoms with E-state index in [0.717, 1.165) is 11.1 Å². The highest BCUT2D eigenvalue weighted by molar-refractivity contribution is 5.85. The largest absolute Gasteiger partial charge is 0.352 e. The van der Waals surface area contributed by atoms with E-state index in [9.17, 15) is 9.59 Å². The molecule has 0 aliphatic rings. The number of carbonyl (C=O) groups excluding carboxylic acids is 2. The van der Waals surface area contributed by atoms with Crippen molar-refractivity contribution in [2.45, 2.75) is 33.2 Å². The van der Waals surface area contributed by atoms with Gasteiger partial charge in [0.15, 0.2) is 0 Å². The lowest BCUT2D eigenvalue weighted by Crippen LogP contribution is -2.41. The average molecular weight is 262 g/mol. The van der Waals surface area contributed by atoms with E-state index < -0.39 is 0 Å². The molecule has 4 nitrogen and oxygen atoms in total. The molecule has 0 bridgehead atoms. The van der Waals surface area contributed by atoms with Crippen molar-refractivity contribution in [1.29, 1.82) is 0 Å². The molecular weight excluding hydrogens is 240 g/mol. The van der Waals surface area contributed by atoms with Crippen LogP contribution in [0.4, 0.5) is 0 Å². The van der Waals surface area contributed by atoms with Crippen molar-refractivity contribution in [3.63, 3.8) is 0 Å².